The molecule has 0 aliphatic heterocycles. The first kappa shape index (κ1) is 7.33. The number of hydrogen-bond donors (Lipinski definition) is 0. The maximum Gasteiger partial charge on any atom is 0.00660 e. The molecule has 1 fully saturated rings. The molecule has 0 bridgehead atoms. The van der Waals surface area contributed by atoms with Crippen molar-refractivity contribution in [2.45, 2.75) is 26.2 Å². The van der Waals surface area contributed by atoms with Crippen LogP contribution in [-0.2, 0) is 0 Å². The first-order valence-electron chi connectivity index (χ1n) is 3.57. The molecule has 1 aliphatic rings. The van der Waals surface area contributed by atoms with Crippen LogP contribution in [-0.4, -0.2) is 5.33 Å². The highest BCUT2D eigenvalue weighted by molar-refractivity contribution is 9.09. The SMILES string of the molecule is C/C(=C\CCBr)C1CC1. The average molecular weight is 189 g/mol. The van der Waals surface area contributed by atoms with Gasteiger partial charge in [-0.3, -0.25) is 0 Å². The van der Waals surface area contributed by atoms with Crippen molar-refractivity contribution in [2.75, 3.05) is 5.33 Å². The maximum absolute atomic E-state index is 3.40. The molecule has 52 valence electrons. The second-order valence-corrected chi connectivity index (χ2v) is 3.49. The summed E-state index contributed by atoms with van der Waals surface area (Å²) >= 11 is 3.40. The summed E-state index contributed by atoms with van der Waals surface area (Å²) in [6.45, 7) is 2.25. The van der Waals surface area contributed by atoms with E-state index in [1.54, 1.807) is 5.57 Å². The van der Waals surface area contributed by atoms with Gasteiger partial charge in [-0.2, -0.15) is 0 Å². The van der Waals surface area contributed by atoms with Crippen LogP contribution in [0.1, 0.15) is 26.2 Å². The van der Waals surface area contributed by atoms with E-state index in [0.717, 1.165) is 11.2 Å². The van der Waals surface area contributed by atoms with Gasteiger partial charge in [0.1, 0.15) is 0 Å². The molecular formula is C8H13Br. The topological polar surface area (TPSA) is 0 Å². The van der Waals surface area contributed by atoms with Crippen molar-refractivity contribution < 1.29 is 0 Å². The number of allylic oxidation sites excluding steroid dienone is 2. The van der Waals surface area contributed by atoms with Crippen molar-refractivity contribution in [1.82, 2.24) is 0 Å². The zero-order chi connectivity index (χ0) is 6.69. The smallest absolute Gasteiger partial charge is 0.00660 e. The molecule has 0 aromatic rings. The predicted octanol–water partition coefficient (Wildman–Crippen LogP) is 3.13. The predicted molar refractivity (Wildman–Crippen MR) is 44.9 cm³/mol. The molecule has 0 heterocycles. The van der Waals surface area contributed by atoms with Gasteiger partial charge in [-0.15, -0.1) is 0 Å². The minimum absolute atomic E-state index is 0.962. The van der Waals surface area contributed by atoms with Crippen molar-refractivity contribution in [1.29, 1.82) is 0 Å². The molecule has 1 saturated carbocycles. The van der Waals surface area contributed by atoms with E-state index in [1.807, 2.05) is 0 Å². The van der Waals surface area contributed by atoms with Crippen LogP contribution in [0.15, 0.2) is 11.6 Å². The third-order valence-electron chi connectivity index (χ3n) is 1.80. The molecule has 1 rings (SSSR count). The minimum atomic E-state index is 0.962. The first-order valence-corrected chi connectivity index (χ1v) is 4.69. The van der Waals surface area contributed by atoms with Crippen molar-refractivity contribution in [2.24, 2.45) is 5.92 Å². The van der Waals surface area contributed by atoms with Gasteiger partial charge in [0.15, 0.2) is 0 Å². The van der Waals surface area contributed by atoms with E-state index in [2.05, 4.69) is 28.9 Å². The standard InChI is InChI=1S/C8H13Br/c1-7(3-2-6-9)8-4-5-8/h3,8H,2,4-6H2,1H3/b7-3+. The molecule has 0 amide bonds. The van der Waals surface area contributed by atoms with Gasteiger partial charge >= 0.3 is 0 Å². The van der Waals surface area contributed by atoms with Gasteiger partial charge < -0.3 is 0 Å². The fraction of sp³-hybridized carbons (Fsp3) is 0.750. The van der Waals surface area contributed by atoms with Crippen LogP contribution in [0.2, 0.25) is 0 Å². The Bertz CT molecular complexity index is 112. The van der Waals surface area contributed by atoms with E-state index < -0.39 is 0 Å². The van der Waals surface area contributed by atoms with Crippen molar-refractivity contribution in [3.05, 3.63) is 11.6 Å². The third-order valence-corrected chi connectivity index (χ3v) is 2.25. The van der Waals surface area contributed by atoms with E-state index >= 15 is 0 Å². The van der Waals surface area contributed by atoms with E-state index in [9.17, 15) is 0 Å². The van der Waals surface area contributed by atoms with Gasteiger partial charge in [0, 0.05) is 5.33 Å². The molecule has 0 aromatic heterocycles. The molecule has 0 unspecified atom stereocenters. The lowest BCUT2D eigenvalue weighted by atomic mass is 10.2. The molecule has 0 aromatic carbocycles. The van der Waals surface area contributed by atoms with Crippen LogP contribution in [0, 0.1) is 5.92 Å². The number of hydrogen-bond acceptors (Lipinski definition) is 0. The Hall–Kier alpha value is 0.220. The van der Waals surface area contributed by atoms with Crippen LogP contribution >= 0.6 is 15.9 Å². The van der Waals surface area contributed by atoms with Gasteiger partial charge in [-0.25, -0.2) is 0 Å². The van der Waals surface area contributed by atoms with E-state index in [4.69, 9.17) is 0 Å². The largest absolute Gasteiger partial charge is 0.0925 e. The van der Waals surface area contributed by atoms with Crippen LogP contribution in [0.5, 0.6) is 0 Å². The Kier molecular flexibility index (Phi) is 2.77. The quantitative estimate of drug-likeness (QED) is 0.472. The van der Waals surface area contributed by atoms with Gasteiger partial charge in [0.25, 0.3) is 0 Å². The Morgan fingerprint density at radius 2 is 2.33 bits per heavy atom. The van der Waals surface area contributed by atoms with Crippen molar-refractivity contribution in [3.8, 4) is 0 Å². The maximum atomic E-state index is 3.40. The summed E-state index contributed by atoms with van der Waals surface area (Å²) in [5.74, 6) is 0.962. The van der Waals surface area contributed by atoms with Gasteiger partial charge in [-0.05, 0) is 32.1 Å². The van der Waals surface area contributed by atoms with Crippen LogP contribution < -0.4 is 0 Å². The Morgan fingerprint density at radius 1 is 1.67 bits per heavy atom. The second kappa shape index (κ2) is 3.40. The molecule has 1 aliphatic carbocycles. The van der Waals surface area contributed by atoms with Gasteiger partial charge in [-0.1, -0.05) is 27.6 Å². The molecule has 0 N–H and O–H groups in total. The zero-order valence-electron chi connectivity index (χ0n) is 5.86. The minimum Gasteiger partial charge on any atom is -0.0925 e. The lowest BCUT2D eigenvalue weighted by Crippen LogP contribution is -1.78. The molecule has 9 heavy (non-hydrogen) atoms. The number of rotatable bonds is 3. The number of alkyl halides is 1. The molecular weight excluding hydrogens is 176 g/mol. The fourth-order valence-electron chi connectivity index (χ4n) is 0.988. The fourth-order valence-corrected chi connectivity index (χ4v) is 1.22. The molecule has 0 spiro atoms. The zero-order valence-corrected chi connectivity index (χ0v) is 7.45. The summed E-state index contributed by atoms with van der Waals surface area (Å²) in [5.41, 5.74) is 1.61. The number of halogens is 1. The Labute approximate surface area is 65.5 Å². The van der Waals surface area contributed by atoms with E-state index in [0.29, 0.717) is 0 Å². The molecule has 0 radical (unpaired) electrons. The van der Waals surface area contributed by atoms with Crippen molar-refractivity contribution >= 4 is 15.9 Å². The van der Waals surface area contributed by atoms with Gasteiger partial charge in [0.2, 0.25) is 0 Å². The monoisotopic (exact) mass is 188 g/mol. The normalized spacial score (nSPS) is 20.4. The summed E-state index contributed by atoms with van der Waals surface area (Å²) in [4.78, 5) is 0. The third kappa shape index (κ3) is 2.53. The van der Waals surface area contributed by atoms with Crippen LogP contribution in [0.25, 0.3) is 0 Å². The van der Waals surface area contributed by atoms with Crippen LogP contribution in [0.3, 0.4) is 0 Å². The highest BCUT2D eigenvalue weighted by Gasteiger charge is 2.22. The lowest BCUT2D eigenvalue weighted by molar-refractivity contribution is 0.984. The average Bonchev–Trinajstić information content (AvgIpc) is 2.63. The summed E-state index contributed by atoms with van der Waals surface area (Å²) in [5, 5.41) is 1.11. The molecule has 1 heteroatoms. The van der Waals surface area contributed by atoms with Crippen molar-refractivity contribution in [3.63, 3.8) is 0 Å². The van der Waals surface area contributed by atoms with E-state index in [-0.39, 0.29) is 0 Å². The molecule has 0 nitrogen and oxygen atoms in total. The highest BCUT2D eigenvalue weighted by atomic mass is 79.9. The summed E-state index contributed by atoms with van der Waals surface area (Å²) in [6, 6.07) is 0. The summed E-state index contributed by atoms with van der Waals surface area (Å²) in [6.07, 6.45) is 6.42. The second-order valence-electron chi connectivity index (χ2n) is 2.70. The lowest BCUT2D eigenvalue weighted by Gasteiger charge is -1.93. The molecule has 0 atom stereocenters. The van der Waals surface area contributed by atoms with E-state index in [1.165, 1.54) is 19.3 Å². The first-order chi connectivity index (χ1) is 4.34. The summed E-state index contributed by atoms with van der Waals surface area (Å²) in [7, 11) is 0. The van der Waals surface area contributed by atoms with Gasteiger partial charge in [0.05, 0.1) is 0 Å². The van der Waals surface area contributed by atoms with Crippen LogP contribution in [0.4, 0.5) is 0 Å². The highest BCUT2D eigenvalue weighted by Crippen LogP contribution is 2.36. The Balaban J connectivity index is 2.20. The molecule has 0 saturated heterocycles. The summed E-state index contributed by atoms with van der Waals surface area (Å²) < 4.78 is 0. The Morgan fingerprint density at radius 3 is 2.78 bits per heavy atom.